The Morgan fingerprint density at radius 3 is 2.50 bits per heavy atom. The summed E-state index contributed by atoms with van der Waals surface area (Å²) in [4.78, 5) is 14.4. The first-order valence-electron chi connectivity index (χ1n) is 8.86. The molecule has 0 aromatic carbocycles. The standard InChI is InChI=1S/C18H35NO5/c1-13(2)11-15(22-10-8-9-20)14-12-23-18(6,7)19(14)16(21)24-17(3,4)5/h13-15,20H,8-12H2,1-7H3/t14-,15-/m0/s1. The number of aliphatic hydroxyl groups is 1. The predicted octanol–water partition coefficient (Wildman–Crippen LogP) is 3.17. The van der Waals surface area contributed by atoms with Gasteiger partial charge in [-0.25, -0.2) is 4.79 Å². The number of aliphatic hydroxyl groups excluding tert-OH is 1. The van der Waals surface area contributed by atoms with Crippen LogP contribution in [0.4, 0.5) is 4.79 Å². The van der Waals surface area contributed by atoms with Gasteiger partial charge in [0.1, 0.15) is 11.3 Å². The minimum atomic E-state index is -0.734. The highest BCUT2D eigenvalue weighted by atomic mass is 16.6. The zero-order valence-corrected chi connectivity index (χ0v) is 16.3. The Bertz CT molecular complexity index is 403. The summed E-state index contributed by atoms with van der Waals surface area (Å²) in [5.41, 5.74) is -1.30. The van der Waals surface area contributed by atoms with E-state index in [9.17, 15) is 4.79 Å². The molecule has 1 N–H and O–H groups in total. The summed E-state index contributed by atoms with van der Waals surface area (Å²) >= 11 is 0. The molecule has 6 nitrogen and oxygen atoms in total. The quantitative estimate of drug-likeness (QED) is 0.718. The molecule has 24 heavy (non-hydrogen) atoms. The number of hydrogen-bond donors (Lipinski definition) is 1. The Morgan fingerprint density at radius 2 is 2.00 bits per heavy atom. The summed E-state index contributed by atoms with van der Waals surface area (Å²) in [5.74, 6) is 0.424. The molecule has 0 aliphatic carbocycles. The average Bonchev–Trinajstić information content (AvgIpc) is 2.71. The van der Waals surface area contributed by atoms with Crippen molar-refractivity contribution in [2.24, 2.45) is 5.92 Å². The second-order valence-electron chi connectivity index (χ2n) is 8.29. The fourth-order valence-corrected chi connectivity index (χ4v) is 2.87. The van der Waals surface area contributed by atoms with E-state index < -0.39 is 11.3 Å². The van der Waals surface area contributed by atoms with Gasteiger partial charge in [-0.15, -0.1) is 0 Å². The fourth-order valence-electron chi connectivity index (χ4n) is 2.87. The molecular formula is C18H35NO5. The minimum absolute atomic E-state index is 0.0941. The zero-order chi connectivity index (χ0) is 18.5. The summed E-state index contributed by atoms with van der Waals surface area (Å²) in [6.07, 6.45) is 0.868. The van der Waals surface area contributed by atoms with Crippen LogP contribution in [0, 0.1) is 5.92 Å². The van der Waals surface area contributed by atoms with E-state index in [0.29, 0.717) is 25.6 Å². The van der Waals surface area contributed by atoms with Crippen LogP contribution in [-0.2, 0) is 14.2 Å². The Morgan fingerprint density at radius 1 is 1.38 bits per heavy atom. The first kappa shape index (κ1) is 21.2. The molecule has 1 saturated heterocycles. The Hall–Kier alpha value is -0.850. The van der Waals surface area contributed by atoms with E-state index in [1.807, 2.05) is 34.6 Å². The number of carbonyl (C=O) groups excluding carboxylic acids is 1. The second kappa shape index (κ2) is 8.50. The van der Waals surface area contributed by atoms with E-state index in [0.717, 1.165) is 6.42 Å². The summed E-state index contributed by atoms with van der Waals surface area (Å²) in [6, 6.07) is -0.198. The molecule has 1 fully saturated rings. The van der Waals surface area contributed by atoms with Crippen LogP contribution in [0.25, 0.3) is 0 Å². The van der Waals surface area contributed by atoms with Crippen molar-refractivity contribution in [3.05, 3.63) is 0 Å². The van der Waals surface area contributed by atoms with Crippen molar-refractivity contribution < 1.29 is 24.1 Å². The molecule has 142 valence electrons. The van der Waals surface area contributed by atoms with Crippen LogP contribution in [-0.4, -0.2) is 59.4 Å². The number of ether oxygens (including phenoxy) is 3. The molecule has 1 amide bonds. The smallest absolute Gasteiger partial charge is 0.412 e. The third-order valence-electron chi connectivity index (χ3n) is 3.88. The van der Waals surface area contributed by atoms with Crippen LogP contribution in [0.2, 0.25) is 0 Å². The molecule has 0 saturated carbocycles. The summed E-state index contributed by atoms with van der Waals surface area (Å²) in [6.45, 7) is 14.5. The van der Waals surface area contributed by atoms with Crippen molar-refractivity contribution >= 4 is 6.09 Å². The number of hydrogen-bond acceptors (Lipinski definition) is 5. The van der Waals surface area contributed by atoms with E-state index in [1.54, 1.807) is 4.90 Å². The van der Waals surface area contributed by atoms with Crippen molar-refractivity contribution in [3.63, 3.8) is 0 Å². The maximum absolute atomic E-state index is 12.7. The average molecular weight is 345 g/mol. The lowest BCUT2D eigenvalue weighted by Crippen LogP contribution is -2.54. The molecule has 0 radical (unpaired) electrons. The zero-order valence-electron chi connectivity index (χ0n) is 16.3. The molecule has 0 aromatic heterocycles. The Kier molecular flexibility index (Phi) is 7.50. The van der Waals surface area contributed by atoms with Crippen LogP contribution < -0.4 is 0 Å². The molecule has 6 heteroatoms. The number of nitrogens with zero attached hydrogens (tertiary/aromatic N) is 1. The number of amides is 1. The molecule has 2 atom stereocenters. The molecule has 1 aliphatic rings. The summed E-state index contributed by atoms with van der Waals surface area (Å²) in [7, 11) is 0. The first-order valence-corrected chi connectivity index (χ1v) is 8.86. The molecule has 0 unspecified atom stereocenters. The van der Waals surface area contributed by atoms with Gasteiger partial charge in [0, 0.05) is 13.2 Å². The van der Waals surface area contributed by atoms with Crippen molar-refractivity contribution in [2.75, 3.05) is 19.8 Å². The molecule has 1 rings (SSSR count). The van der Waals surface area contributed by atoms with Gasteiger partial charge in [-0.05, 0) is 53.4 Å². The van der Waals surface area contributed by atoms with Gasteiger partial charge in [0.15, 0.2) is 0 Å². The van der Waals surface area contributed by atoms with Crippen LogP contribution in [0.15, 0.2) is 0 Å². The molecule has 1 heterocycles. The van der Waals surface area contributed by atoms with Crippen molar-refractivity contribution in [1.29, 1.82) is 0 Å². The predicted molar refractivity (Wildman–Crippen MR) is 92.8 cm³/mol. The van der Waals surface area contributed by atoms with Gasteiger partial charge in [0.2, 0.25) is 0 Å². The van der Waals surface area contributed by atoms with Crippen molar-refractivity contribution in [3.8, 4) is 0 Å². The largest absolute Gasteiger partial charge is 0.444 e. The maximum atomic E-state index is 12.7. The van der Waals surface area contributed by atoms with E-state index in [2.05, 4.69) is 13.8 Å². The maximum Gasteiger partial charge on any atom is 0.412 e. The van der Waals surface area contributed by atoms with Gasteiger partial charge >= 0.3 is 6.09 Å². The number of carbonyl (C=O) groups is 1. The van der Waals surface area contributed by atoms with Crippen LogP contribution >= 0.6 is 0 Å². The minimum Gasteiger partial charge on any atom is -0.444 e. The lowest BCUT2D eigenvalue weighted by atomic mass is 9.99. The molecule has 0 spiro atoms. The monoisotopic (exact) mass is 345 g/mol. The van der Waals surface area contributed by atoms with Crippen LogP contribution in [0.5, 0.6) is 0 Å². The topological polar surface area (TPSA) is 68.2 Å². The lowest BCUT2D eigenvalue weighted by Gasteiger charge is -2.38. The molecular weight excluding hydrogens is 310 g/mol. The van der Waals surface area contributed by atoms with Gasteiger partial charge in [-0.3, -0.25) is 4.90 Å². The normalized spacial score (nSPS) is 22.0. The van der Waals surface area contributed by atoms with Crippen molar-refractivity contribution in [1.82, 2.24) is 4.90 Å². The Balaban J connectivity index is 2.95. The highest BCUT2D eigenvalue weighted by Gasteiger charge is 2.48. The SMILES string of the molecule is CC(C)C[C@H](OCCCO)[C@@H]1COC(C)(C)N1C(=O)OC(C)(C)C. The van der Waals surface area contributed by atoms with Gasteiger partial charge in [0.25, 0.3) is 0 Å². The van der Waals surface area contributed by atoms with E-state index >= 15 is 0 Å². The van der Waals surface area contributed by atoms with Crippen LogP contribution in [0.3, 0.4) is 0 Å². The van der Waals surface area contributed by atoms with E-state index in [1.165, 1.54) is 0 Å². The van der Waals surface area contributed by atoms with E-state index in [-0.39, 0.29) is 24.8 Å². The van der Waals surface area contributed by atoms with Crippen molar-refractivity contribution in [2.45, 2.75) is 84.8 Å². The third kappa shape index (κ3) is 6.22. The van der Waals surface area contributed by atoms with Crippen LogP contribution in [0.1, 0.15) is 61.3 Å². The number of rotatable bonds is 7. The van der Waals surface area contributed by atoms with Gasteiger partial charge in [0.05, 0.1) is 18.8 Å². The Labute approximate surface area is 146 Å². The first-order chi connectivity index (χ1) is 11.0. The molecule has 0 aromatic rings. The molecule has 1 aliphatic heterocycles. The summed E-state index contributed by atoms with van der Waals surface area (Å²) in [5, 5.41) is 8.99. The highest BCUT2D eigenvalue weighted by molar-refractivity contribution is 5.69. The fraction of sp³-hybridized carbons (Fsp3) is 0.944. The molecule has 0 bridgehead atoms. The van der Waals surface area contributed by atoms with Gasteiger partial charge in [-0.2, -0.15) is 0 Å². The van der Waals surface area contributed by atoms with Gasteiger partial charge < -0.3 is 19.3 Å². The summed E-state index contributed by atoms with van der Waals surface area (Å²) < 4.78 is 17.4. The lowest BCUT2D eigenvalue weighted by molar-refractivity contribution is -0.0748. The van der Waals surface area contributed by atoms with Gasteiger partial charge in [-0.1, -0.05) is 13.8 Å². The van der Waals surface area contributed by atoms with E-state index in [4.69, 9.17) is 19.3 Å². The third-order valence-corrected chi connectivity index (χ3v) is 3.88. The second-order valence-corrected chi connectivity index (χ2v) is 8.29. The highest BCUT2D eigenvalue weighted by Crippen LogP contribution is 2.33.